The first-order valence-corrected chi connectivity index (χ1v) is 6.02. The number of benzene rings is 1. The average molecular weight is 254 g/mol. The molecule has 1 rings (SSSR count). The van der Waals surface area contributed by atoms with E-state index in [0.717, 1.165) is 18.4 Å². The Hall–Kier alpha value is -1.08. The zero-order valence-electron chi connectivity index (χ0n) is 8.28. The van der Waals surface area contributed by atoms with Crippen LogP contribution in [0.5, 0.6) is 0 Å². The quantitative estimate of drug-likeness (QED) is 0.774. The molecule has 1 aromatic carbocycles. The van der Waals surface area contributed by atoms with Gasteiger partial charge < -0.3 is 0 Å². The van der Waals surface area contributed by atoms with Gasteiger partial charge >= 0.3 is 0 Å². The van der Waals surface area contributed by atoms with Crippen molar-refractivity contribution in [2.75, 3.05) is 6.26 Å². The Morgan fingerprint density at radius 1 is 1.38 bits per heavy atom. The van der Waals surface area contributed by atoms with Crippen LogP contribution in [0.15, 0.2) is 18.2 Å². The molecule has 0 aliphatic rings. The topological polar surface area (TPSA) is 43.4 Å². The third-order valence-electron chi connectivity index (χ3n) is 1.74. The second kappa shape index (κ2) is 4.84. The normalized spacial score (nSPS) is 12.1. The summed E-state index contributed by atoms with van der Waals surface area (Å²) in [6.45, 7) is -0.376. The highest BCUT2D eigenvalue weighted by Gasteiger charge is 2.13. The van der Waals surface area contributed by atoms with Crippen molar-refractivity contribution in [3.63, 3.8) is 0 Å². The van der Waals surface area contributed by atoms with E-state index in [1.807, 2.05) is 0 Å². The van der Waals surface area contributed by atoms with Crippen LogP contribution in [0.1, 0.15) is 17.6 Å². The van der Waals surface area contributed by atoms with E-state index >= 15 is 0 Å². The van der Waals surface area contributed by atoms with E-state index in [2.05, 4.69) is 4.18 Å². The molecule has 0 atom stereocenters. The van der Waals surface area contributed by atoms with Crippen molar-refractivity contribution in [2.24, 2.45) is 0 Å². The first-order valence-electron chi connectivity index (χ1n) is 4.20. The van der Waals surface area contributed by atoms with Crippen LogP contribution in [-0.2, 0) is 20.9 Å². The van der Waals surface area contributed by atoms with Crippen LogP contribution in [0, 0.1) is 5.82 Å². The van der Waals surface area contributed by atoms with Gasteiger partial charge in [-0.25, -0.2) is 13.2 Å². The lowest BCUT2D eigenvalue weighted by atomic mass is 10.1. The summed E-state index contributed by atoms with van der Waals surface area (Å²) in [5.74, 6) is -1.08. The highest BCUT2D eigenvalue weighted by Crippen LogP contribution is 2.22. The lowest BCUT2D eigenvalue weighted by Crippen LogP contribution is -2.03. The van der Waals surface area contributed by atoms with Crippen LogP contribution in [-0.4, -0.2) is 14.7 Å². The van der Waals surface area contributed by atoms with Gasteiger partial charge in [-0.3, -0.25) is 4.18 Å². The molecule has 0 aromatic heterocycles. The van der Waals surface area contributed by atoms with Gasteiger partial charge in [0, 0.05) is 0 Å². The number of rotatable bonds is 4. The zero-order valence-corrected chi connectivity index (χ0v) is 9.10. The molecule has 0 radical (unpaired) electrons. The first kappa shape index (κ1) is 13.0. The van der Waals surface area contributed by atoms with Crippen molar-refractivity contribution in [3.05, 3.63) is 35.1 Å². The maximum absolute atomic E-state index is 13.0. The van der Waals surface area contributed by atoms with Gasteiger partial charge in [-0.2, -0.15) is 8.42 Å². The Labute approximate surface area is 91.0 Å². The van der Waals surface area contributed by atoms with Crippen LogP contribution < -0.4 is 0 Å². The van der Waals surface area contributed by atoms with Crippen LogP contribution in [0.3, 0.4) is 0 Å². The molecule has 0 amide bonds. The molecule has 0 fully saturated rings. The molecule has 0 heterocycles. The first-order chi connectivity index (χ1) is 7.29. The number of hydrogen-bond donors (Lipinski definition) is 0. The Morgan fingerprint density at radius 2 is 2.00 bits per heavy atom. The van der Waals surface area contributed by atoms with E-state index in [0.29, 0.717) is 0 Å². The van der Waals surface area contributed by atoms with E-state index in [4.69, 9.17) is 0 Å². The summed E-state index contributed by atoms with van der Waals surface area (Å²) < 4.78 is 63.0. The molecule has 0 spiro atoms. The van der Waals surface area contributed by atoms with Gasteiger partial charge in [0.1, 0.15) is 5.82 Å². The van der Waals surface area contributed by atoms with Gasteiger partial charge in [-0.1, -0.05) is 12.1 Å². The largest absolute Gasteiger partial charge is 0.266 e. The van der Waals surface area contributed by atoms with E-state index in [-0.39, 0.29) is 12.2 Å². The highest BCUT2D eigenvalue weighted by molar-refractivity contribution is 7.85. The summed E-state index contributed by atoms with van der Waals surface area (Å²) in [5.41, 5.74) is -0.546. The van der Waals surface area contributed by atoms with Gasteiger partial charge in [0.15, 0.2) is 0 Å². The van der Waals surface area contributed by atoms with Gasteiger partial charge in [-0.15, -0.1) is 0 Å². The highest BCUT2D eigenvalue weighted by atomic mass is 32.2. The summed E-state index contributed by atoms with van der Waals surface area (Å²) in [6, 6.07) is 2.92. The van der Waals surface area contributed by atoms with E-state index in [9.17, 15) is 21.6 Å². The van der Waals surface area contributed by atoms with Crippen LogP contribution in [0.25, 0.3) is 0 Å². The fraction of sp³-hybridized carbons (Fsp3) is 0.333. The van der Waals surface area contributed by atoms with Gasteiger partial charge in [0.05, 0.1) is 18.4 Å². The molecule has 0 aliphatic heterocycles. The zero-order chi connectivity index (χ0) is 12.3. The second-order valence-corrected chi connectivity index (χ2v) is 4.77. The smallest absolute Gasteiger partial charge is 0.265 e. The van der Waals surface area contributed by atoms with Crippen molar-refractivity contribution in [1.29, 1.82) is 0 Å². The predicted octanol–water partition coefficient (Wildman–Crippen LogP) is 2.24. The third kappa shape index (κ3) is 3.82. The molecule has 7 heteroatoms. The molecule has 16 heavy (non-hydrogen) atoms. The minimum atomic E-state index is -3.63. The molecule has 0 unspecified atom stereocenters. The third-order valence-corrected chi connectivity index (χ3v) is 2.29. The predicted molar refractivity (Wildman–Crippen MR) is 51.0 cm³/mol. The molecular formula is C9H9F3O3S. The molecule has 3 nitrogen and oxygen atoms in total. The average Bonchev–Trinajstić information content (AvgIpc) is 2.13. The van der Waals surface area contributed by atoms with Crippen molar-refractivity contribution in [3.8, 4) is 0 Å². The monoisotopic (exact) mass is 254 g/mol. The van der Waals surface area contributed by atoms with E-state index < -0.39 is 27.9 Å². The minimum Gasteiger partial charge on any atom is -0.265 e. The van der Waals surface area contributed by atoms with Crippen molar-refractivity contribution >= 4 is 10.1 Å². The lowest BCUT2D eigenvalue weighted by Gasteiger charge is -2.05. The van der Waals surface area contributed by atoms with Gasteiger partial charge in [0.25, 0.3) is 16.5 Å². The standard InChI is InChI=1S/C9H9F3O3S/c1-16(13,14)15-5-6-2-3-7(9(11)12)8(10)4-6/h2-4,9H,5H2,1H3. The summed E-state index contributed by atoms with van der Waals surface area (Å²) >= 11 is 0. The molecule has 0 bridgehead atoms. The van der Waals surface area contributed by atoms with Gasteiger partial charge in [-0.05, 0) is 11.6 Å². The molecule has 0 saturated heterocycles. The summed E-state index contributed by atoms with van der Waals surface area (Å²) in [4.78, 5) is 0. The van der Waals surface area contributed by atoms with E-state index in [1.165, 1.54) is 6.07 Å². The molecule has 0 aliphatic carbocycles. The Kier molecular flexibility index (Phi) is 3.93. The second-order valence-electron chi connectivity index (χ2n) is 3.12. The van der Waals surface area contributed by atoms with E-state index in [1.54, 1.807) is 0 Å². The minimum absolute atomic E-state index is 0.173. The van der Waals surface area contributed by atoms with Crippen LogP contribution in [0.2, 0.25) is 0 Å². The Morgan fingerprint density at radius 3 is 2.44 bits per heavy atom. The Balaban J connectivity index is 2.82. The fourth-order valence-corrected chi connectivity index (χ4v) is 1.36. The van der Waals surface area contributed by atoms with Crippen molar-refractivity contribution < 1.29 is 25.8 Å². The summed E-state index contributed by atoms with van der Waals surface area (Å²) in [6.07, 6.45) is -2.05. The maximum atomic E-state index is 13.0. The molecule has 0 saturated carbocycles. The van der Waals surface area contributed by atoms with Crippen LogP contribution in [0.4, 0.5) is 13.2 Å². The maximum Gasteiger partial charge on any atom is 0.266 e. The summed E-state index contributed by atoms with van der Waals surface area (Å²) in [5, 5.41) is 0. The van der Waals surface area contributed by atoms with Gasteiger partial charge in [0.2, 0.25) is 0 Å². The SMILES string of the molecule is CS(=O)(=O)OCc1ccc(C(F)F)c(F)c1. The van der Waals surface area contributed by atoms with Crippen molar-refractivity contribution in [2.45, 2.75) is 13.0 Å². The molecule has 0 N–H and O–H groups in total. The van der Waals surface area contributed by atoms with Crippen molar-refractivity contribution in [1.82, 2.24) is 0 Å². The lowest BCUT2D eigenvalue weighted by molar-refractivity contribution is 0.146. The Bertz CT molecular complexity index is 471. The summed E-state index contributed by atoms with van der Waals surface area (Å²) in [7, 11) is -3.63. The molecular weight excluding hydrogens is 245 g/mol. The number of halogens is 3. The molecule has 1 aromatic rings. The fourth-order valence-electron chi connectivity index (χ4n) is 1.01. The molecule has 90 valence electrons. The number of alkyl halides is 2. The number of hydrogen-bond acceptors (Lipinski definition) is 3. The van der Waals surface area contributed by atoms with Crippen LogP contribution >= 0.6 is 0 Å².